The molecule has 0 aliphatic heterocycles. The summed E-state index contributed by atoms with van der Waals surface area (Å²) >= 11 is 0. The lowest BCUT2D eigenvalue weighted by Gasteiger charge is -2.05. The first kappa shape index (κ1) is 12.2. The molecule has 0 aliphatic rings. The van der Waals surface area contributed by atoms with Gasteiger partial charge in [0.2, 0.25) is 0 Å². The maximum atomic E-state index is 10.7. The minimum absolute atomic E-state index is 0.206. The van der Waals surface area contributed by atoms with Crippen LogP contribution in [-0.4, -0.2) is 11.0 Å². The van der Waals surface area contributed by atoms with Crippen LogP contribution in [0.4, 0.5) is 0 Å². The Morgan fingerprint density at radius 3 is 2.88 bits per heavy atom. The van der Waals surface area contributed by atoms with E-state index in [1.54, 1.807) is 6.08 Å². The molecule has 0 unspecified atom stereocenters. The molecule has 1 rings (SSSR count). The van der Waals surface area contributed by atoms with Crippen molar-refractivity contribution < 1.29 is 9.53 Å². The summed E-state index contributed by atoms with van der Waals surface area (Å²) in [6, 6.07) is 3.74. The molecule has 0 amide bonds. The molecule has 0 aliphatic carbocycles. The number of hydrogen-bond acceptors (Lipinski definition) is 3. The highest BCUT2D eigenvalue weighted by Crippen LogP contribution is 2.12. The van der Waals surface area contributed by atoms with Gasteiger partial charge in [0.05, 0.1) is 11.4 Å². The number of nitrogens with zero attached hydrogens (tertiary/aromatic N) is 1. The Balaban J connectivity index is 2.92. The molecule has 3 heteroatoms. The summed E-state index contributed by atoms with van der Waals surface area (Å²) in [5.74, 6) is -0.304. The fourth-order valence-electron chi connectivity index (χ4n) is 1.25. The molecule has 0 bridgehead atoms. The number of hydrogen-bond donors (Lipinski definition) is 0. The first-order chi connectivity index (χ1) is 7.67. The van der Waals surface area contributed by atoms with Gasteiger partial charge < -0.3 is 4.74 Å². The Hall–Kier alpha value is -1.90. The van der Waals surface area contributed by atoms with Crippen molar-refractivity contribution in [2.24, 2.45) is 0 Å². The number of carbonyl (C=O) groups excluding carboxylic acids is 1. The molecule has 1 aromatic rings. The van der Waals surface area contributed by atoms with E-state index < -0.39 is 0 Å². The molecule has 0 saturated heterocycles. The summed E-state index contributed by atoms with van der Waals surface area (Å²) in [5, 5.41) is 0. The van der Waals surface area contributed by atoms with Crippen LogP contribution in [0.25, 0.3) is 12.2 Å². The van der Waals surface area contributed by atoms with Crippen LogP contribution < -0.4 is 0 Å². The smallest absolute Gasteiger partial charge is 0.303 e. The first-order valence-corrected chi connectivity index (χ1v) is 5.05. The van der Waals surface area contributed by atoms with Gasteiger partial charge in [-0.3, -0.25) is 4.79 Å². The van der Waals surface area contributed by atoms with Crippen molar-refractivity contribution in [1.82, 2.24) is 4.98 Å². The van der Waals surface area contributed by atoms with Crippen molar-refractivity contribution in [3.8, 4) is 0 Å². The van der Waals surface area contributed by atoms with Gasteiger partial charge in [0.1, 0.15) is 6.61 Å². The molecule has 0 radical (unpaired) electrons. The maximum absolute atomic E-state index is 10.7. The number of ether oxygens (including phenoxy) is 1. The standard InChI is InChI=1S/C13H15NO2/c1-4-6-13-11(5-2)7-8-12(14-13)9-16-10(3)15/h4-8H,2,9H2,1,3H3/b6-4-. The highest BCUT2D eigenvalue weighted by atomic mass is 16.5. The molecule has 0 atom stereocenters. The summed E-state index contributed by atoms with van der Waals surface area (Å²) in [5.41, 5.74) is 2.53. The summed E-state index contributed by atoms with van der Waals surface area (Å²) < 4.78 is 4.88. The van der Waals surface area contributed by atoms with Crippen LogP contribution in [0.1, 0.15) is 30.8 Å². The molecular formula is C13H15NO2. The van der Waals surface area contributed by atoms with E-state index in [0.29, 0.717) is 0 Å². The van der Waals surface area contributed by atoms with Gasteiger partial charge in [0.15, 0.2) is 0 Å². The largest absolute Gasteiger partial charge is 0.459 e. The Bertz CT molecular complexity index is 422. The molecule has 0 saturated carbocycles. The quantitative estimate of drug-likeness (QED) is 0.728. The average Bonchev–Trinajstić information content (AvgIpc) is 2.27. The molecule has 1 heterocycles. The fourth-order valence-corrected chi connectivity index (χ4v) is 1.25. The summed E-state index contributed by atoms with van der Waals surface area (Å²) in [6.45, 7) is 7.23. The molecular weight excluding hydrogens is 202 g/mol. The summed E-state index contributed by atoms with van der Waals surface area (Å²) in [6.07, 6.45) is 5.55. The van der Waals surface area contributed by atoms with E-state index in [1.165, 1.54) is 6.92 Å². The Morgan fingerprint density at radius 2 is 2.31 bits per heavy atom. The van der Waals surface area contributed by atoms with Crippen LogP contribution >= 0.6 is 0 Å². The van der Waals surface area contributed by atoms with Crippen LogP contribution in [0.5, 0.6) is 0 Å². The van der Waals surface area contributed by atoms with Crippen molar-refractivity contribution in [3.05, 3.63) is 41.7 Å². The molecule has 16 heavy (non-hydrogen) atoms. The van der Waals surface area contributed by atoms with Crippen molar-refractivity contribution >= 4 is 18.1 Å². The fraction of sp³-hybridized carbons (Fsp3) is 0.231. The molecule has 3 nitrogen and oxygen atoms in total. The highest BCUT2D eigenvalue weighted by Gasteiger charge is 2.02. The second-order valence-corrected chi connectivity index (χ2v) is 3.26. The molecule has 0 aromatic carbocycles. The van der Waals surface area contributed by atoms with Gasteiger partial charge in [-0.15, -0.1) is 0 Å². The molecule has 0 spiro atoms. The van der Waals surface area contributed by atoms with Gasteiger partial charge in [-0.2, -0.15) is 0 Å². The number of rotatable bonds is 4. The van der Waals surface area contributed by atoms with Crippen LogP contribution in [-0.2, 0) is 16.1 Å². The predicted octanol–water partition coefficient (Wildman–Crippen LogP) is 2.82. The van der Waals surface area contributed by atoms with Gasteiger partial charge in [0, 0.05) is 6.92 Å². The van der Waals surface area contributed by atoms with E-state index in [-0.39, 0.29) is 12.6 Å². The number of pyridine rings is 1. The van der Waals surface area contributed by atoms with Gasteiger partial charge in [-0.1, -0.05) is 24.8 Å². The monoisotopic (exact) mass is 217 g/mol. The predicted molar refractivity (Wildman–Crippen MR) is 64.5 cm³/mol. The van der Waals surface area contributed by atoms with Gasteiger partial charge in [-0.25, -0.2) is 4.98 Å². The van der Waals surface area contributed by atoms with E-state index in [2.05, 4.69) is 11.6 Å². The molecule has 0 fully saturated rings. The zero-order chi connectivity index (χ0) is 12.0. The van der Waals surface area contributed by atoms with E-state index >= 15 is 0 Å². The SMILES string of the molecule is C=Cc1ccc(COC(C)=O)nc1/C=C\C. The summed E-state index contributed by atoms with van der Waals surface area (Å²) in [4.78, 5) is 15.0. The van der Waals surface area contributed by atoms with Crippen molar-refractivity contribution in [1.29, 1.82) is 0 Å². The number of carbonyl (C=O) groups is 1. The maximum Gasteiger partial charge on any atom is 0.303 e. The van der Waals surface area contributed by atoms with Crippen molar-refractivity contribution in [3.63, 3.8) is 0 Å². The Morgan fingerprint density at radius 1 is 1.56 bits per heavy atom. The van der Waals surface area contributed by atoms with Crippen LogP contribution in [0.2, 0.25) is 0 Å². The zero-order valence-corrected chi connectivity index (χ0v) is 9.56. The van der Waals surface area contributed by atoms with Crippen LogP contribution in [0.3, 0.4) is 0 Å². The average molecular weight is 217 g/mol. The second kappa shape index (κ2) is 5.85. The van der Waals surface area contributed by atoms with Crippen LogP contribution in [0.15, 0.2) is 24.8 Å². The summed E-state index contributed by atoms with van der Waals surface area (Å²) in [7, 11) is 0. The second-order valence-electron chi connectivity index (χ2n) is 3.26. The Kier molecular flexibility index (Phi) is 4.45. The molecule has 1 aromatic heterocycles. The molecule has 0 N–H and O–H groups in total. The van der Waals surface area contributed by atoms with Crippen molar-refractivity contribution in [2.45, 2.75) is 20.5 Å². The first-order valence-electron chi connectivity index (χ1n) is 5.05. The lowest BCUT2D eigenvalue weighted by molar-refractivity contribution is -0.142. The normalized spacial score (nSPS) is 10.4. The van der Waals surface area contributed by atoms with E-state index in [0.717, 1.165) is 17.0 Å². The number of allylic oxidation sites excluding steroid dienone is 1. The third-order valence-electron chi connectivity index (χ3n) is 1.98. The van der Waals surface area contributed by atoms with E-state index in [1.807, 2.05) is 31.2 Å². The topological polar surface area (TPSA) is 39.2 Å². The zero-order valence-electron chi connectivity index (χ0n) is 9.56. The van der Waals surface area contributed by atoms with E-state index in [4.69, 9.17) is 4.74 Å². The number of esters is 1. The highest BCUT2D eigenvalue weighted by molar-refractivity contribution is 5.66. The van der Waals surface area contributed by atoms with Gasteiger partial charge in [0.25, 0.3) is 0 Å². The lowest BCUT2D eigenvalue weighted by atomic mass is 10.1. The third-order valence-corrected chi connectivity index (χ3v) is 1.98. The van der Waals surface area contributed by atoms with Gasteiger partial charge >= 0.3 is 5.97 Å². The van der Waals surface area contributed by atoms with Crippen LogP contribution in [0, 0.1) is 0 Å². The van der Waals surface area contributed by atoms with Crippen molar-refractivity contribution in [2.75, 3.05) is 0 Å². The van der Waals surface area contributed by atoms with Gasteiger partial charge in [-0.05, 0) is 24.6 Å². The number of aromatic nitrogens is 1. The molecule has 84 valence electrons. The minimum atomic E-state index is -0.304. The Labute approximate surface area is 95.5 Å². The minimum Gasteiger partial charge on any atom is -0.459 e. The van der Waals surface area contributed by atoms with E-state index in [9.17, 15) is 4.79 Å². The lowest BCUT2D eigenvalue weighted by Crippen LogP contribution is -2.02. The third kappa shape index (κ3) is 3.35.